The van der Waals surface area contributed by atoms with Crippen molar-refractivity contribution in [2.45, 2.75) is 116 Å². The Morgan fingerprint density at radius 1 is 0.727 bits per heavy atom. The van der Waals surface area contributed by atoms with E-state index in [9.17, 15) is 14.4 Å². The average Bonchev–Trinajstić information content (AvgIpc) is 3.22. The van der Waals surface area contributed by atoms with Gasteiger partial charge in [-0.15, -0.1) is 0 Å². The van der Waals surface area contributed by atoms with E-state index < -0.39 is 17.9 Å². The first-order chi connectivity index (χ1) is 26.9. The standard InChI is InChI=1S/C45H58O10/c1-3-36(19-18-34-50-42(46)4-2)53-37-25-23-35(24-26-37)44(47)54-38-27-29-39(30-28-38)55-45(48)40-20-12-13-21-41(40)49-31-15-10-8-6-5-7-9-11-16-32-51-43-22-14-17-33-52-43/h4,12-13,20-21,23-30,36,43H,2-3,5-11,14-19,22,31-34H2,1H3. The van der Waals surface area contributed by atoms with Crippen molar-refractivity contribution in [3.05, 3.63) is 96.6 Å². The van der Waals surface area contributed by atoms with Gasteiger partial charge in [-0.25, -0.2) is 14.4 Å². The summed E-state index contributed by atoms with van der Waals surface area (Å²) in [7, 11) is 0. The van der Waals surface area contributed by atoms with Gasteiger partial charge in [0.1, 0.15) is 28.6 Å². The highest BCUT2D eigenvalue weighted by molar-refractivity contribution is 5.94. The first-order valence-electron chi connectivity index (χ1n) is 20.0. The summed E-state index contributed by atoms with van der Waals surface area (Å²) in [5.74, 6) is 0.237. The van der Waals surface area contributed by atoms with E-state index in [0.29, 0.717) is 60.2 Å². The maximum Gasteiger partial charge on any atom is 0.347 e. The number of hydrogen-bond donors (Lipinski definition) is 0. The molecule has 0 N–H and O–H groups in total. The zero-order valence-electron chi connectivity index (χ0n) is 32.4. The van der Waals surface area contributed by atoms with Crippen LogP contribution in [-0.4, -0.2) is 56.7 Å². The maximum atomic E-state index is 13.1. The minimum atomic E-state index is -0.531. The fourth-order valence-electron chi connectivity index (χ4n) is 6.10. The van der Waals surface area contributed by atoms with Crippen LogP contribution in [0.5, 0.6) is 23.0 Å². The molecule has 10 nitrogen and oxygen atoms in total. The Kier molecular flexibility index (Phi) is 19.9. The second-order valence-electron chi connectivity index (χ2n) is 13.6. The van der Waals surface area contributed by atoms with Crippen LogP contribution in [0.15, 0.2) is 85.5 Å². The molecule has 2 unspecified atom stereocenters. The van der Waals surface area contributed by atoms with E-state index in [1.807, 2.05) is 13.0 Å². The molecule has 1 saturated heterocycles. The number of unbranched alkanes of at least 4 members (excludes halogenated alkanes) is 8. The van der Waals surface area contributed by atoms with Gasteiger partial charge in [0.2, 0.25) is 0 Å². The van der Waals surface area contributed by atoms with Crippen LogP contribution < -0.4 is 18.9 Å². The Hall–Kier alpha value is -4.67. The van der Waals surface area contributed by atoms with Gasteiger partial charge in [-0.2, -0.15) is 0 Å². The van der Waals surface area contributed by atoms with Crippen LogP contribution in [0.2, 0.25) is 0 Å². The van der Waals surface area contributed by atoms with E-state index in [2.05, 4.69) is 6.58 Å². The Balaban J connectivity index is 1.09. The number of para-hydroxylation sites is 1. The lowest BCUT2D eigenvalue weighted by Gasteiger charge is -2.22. The fourth-order valence-corrected chi connectivity index (χ4v) is 6.10. The van der Waals surface area contributed by atoms with Gasteiger partial charge in [0.25, 0.3) is 0 Å². The number of hydrogen-bond acceptors (Lipinski definition) is 10. The summed E-state index contributed by atoms with van der Waals surface area (Å²) in [4.78, 5) is 37.1. The van der Waals surface area contributed by atoms with Crippen molar-refractivity contribution < 1.29 is 47.5 Å². The molecule has 1 heterocycles. The van der Waals surface area contributed by atoms with Gasteiger partial charge in [0, 0.05) is 19.3 Å². The van der Waals surface area contributed by atoms with E-state index in [0.717, 1.165) is 57.8 Å². The lowest BCUT2D eigenvalue weighted by atomic mass is 10.1. The largest absolute Gasteiger partial charge is 0.493 e. The monoisotopic (exact) mass is 758 g/mol. The molecule has 0 aliphatic carbocycles. The van der Waals surface area contributed by atoms with Crippen molar-refractivity contribution in [3.63, 3.8) is 0 Å². The molecule has 1 aliphatic rings. The van der Waals surface area contributed by atoms with Crippen LogP contribution >= 0.6 is 0 Å². The van der Waals surface area contributed by atoms with Gasteiger partial charge in [0.05, 0.1) is 24.9 Å². The number of esters is 3. The molecule has 4 rings (SSSR count). The summed E-state index contributed by atoms with van der Waals surface area (Å²) >= 11 is 0. The van der Waals surface area contributed by atoms with Crippen LogP contribution in [0.4, 0.5) is 0 Å². The topological polar surface area (TPSA) is 116 Å². The summed E-state index contributed by atoms with van der Waals surface area (Å²) < 4.78 is 39.6. The van der Waals surface area contributed by atoms with Crippen molar-refractivity contribution >= 4 is 17.9 Å². The summed E-state index contributed by atoms with van der Waals surface area (Å²) in [6.07, 6.45) is 17.1. The van der Waals surface area contributed by atoms with E-state index in [1.54, 1.807) is 66.7 Å². The Labute approximate surface area is 326 Å². The second-order valence-corrected chi connectivity index (χ2v) is 13.6. The highest BCUT2D eigenvalue weighted by Gasteiger charge is 2.17. The van der Waals surface area contributed by atoms with E-state index in [1.165, 1.54) is 44.9 Å². The molecule has 0 aromatic heterocycles. The average molecular weight is 759 g/mol. The molecular weight excluding hydrogens is 700 g/mol. The van der Waals surface area contributed by atoms with Gasteiger partial charge in [0.15, 0.2) is 6.29 Å². The molecule has 0 radical (unpaired) electrons. The zero-order chi connectivity index (χ0) is 38.9. The van der Waals surface area contributed by atoms with Crippen molar-refractivity contribution in [2.24, 2.45) is 0 Å². The molecule has 0 bridgehead atoms. The van der Waals surface area contributed by atoms with Gasteiger partial charge in [-0.3, -0.25) is 0 Å². The lowest BCUT2D eigenvalue weighted by molar-refractivity contribution is -0.162. The second kappa shape index (κ2) is 25.4. The minimum Gasteiger partial charge on any atom is -0.493 e. The smallest absolute Gasteiger partial charge is 0.347 e. The van der Waals surface area contributed by atoms with Gasteiger partial charge < -0.3 is 33.2 Å². The molecule has 2 atom stereocenters. The van der Waals surface area contributed by atoms with Gasteiger partial charge >= 0.3 is 17.9 Å². The summed E-state index contributed by atoms with van der Waals surface area (Å²) in [5.41, 5.74) is 0.707. The number of rotatable bonds is 26. The lowest BCUT2D eigenvalue weighted by Crippen LogP contribution is -2.22. The molecule has 10 heteroatoms. The third-order valence-electron chi connectivity index (χ3n) is 9.27. The molecule has 3 aromatic carbocycles. The predicted molar refractivity (Wildman–Crippen MR) is 211 cm³/mol. The Morgan fingerprint density at radius 2 is 1.35 bits per heavy atom. The number of ether oxygens (including phenoxy) is 7. The summed E-state index contributed by atoms with van der Waals surface area (Å²) in [5, 5.41) is 0. The SMILES string of the molecule is C=CC(=O)OCCCC(CC)Oc1ccc(C(=O)Oc2ccc(OC(=O)c3ccccc3OCCCCCCCCCCCOC3CCCCO3)cc2)cc1. The van der Waals surface area contributed by atoms with Crippen molar-refractivity contribution in [2.75, 3.05) is 26.4 Å². The molecular formula is C45H58O10. The van der Waals surface area contributed by atoms with E-state index in [-0.39, 0.29) is 12.4 Å². The third-order valence-corrected chi connectivity index (χ3v) is 9.27. The zero-order valence-corrected chi connectivity index (χ0v) is 32.4. The quantitative estimate of drug-likeness (QED) is 0.0339. The van der Waals surface area contributed by atoms with Gasteiger partial charge in [-0.05, 0) is 112 Å². The van der Waals surface area contributed by atoms with Crippen LogP contribution in [0.1, 0.15) is 124 Å². The first-order valence-corrected chi connectivity index (χ1v) is 20.0. The first kappa shape index (κ1) is 43.1. The molecule has 0 spiro atoms. The number of carbonyl (C=O) groups is 3. The molecule has 1 aliphatic heterocycles. The third kappa shape index (κ3) is 16.7. The highest BCUT2D eigenvalue weighted by Crippen LogP contribution is 2.25. The minimum absolute atomic E-state index is 0.0203. The Bertz CT molecular complexity index is 1560. The van der Waals surface area contributed by atoms with E-state index in [4.69, 9.17) is 33.2 Å². The molecule has 55 heavy (non-hydrogen) atoms. The molecule has 0 saturated carbocycles. The van der Waals surface area contributed by atoms with Crippen molar-refractivity contribution in [3.8, 4) is 23.0 Å². The van der Waals surface area contributed by atoms with E-state index >= 15 is 0 Å². The summed E-state index contributed by atoms with van der Waals surface area (Å²) in [6.45, 7) is 7.87. The van der Waals surface area contributed by atoms with Crippen LogP contribution in [-0.2, 0) is 19.0 Å². The van der Waals surface area contributed by atoms with Crippen molar-refractivity contribution in [1.29, 1.82) is 0 Å². The predicted octanol–water partition coefficient (Wildman–Crippen LogP) is 10.2. The van der Waals surface area contributed by atoms with Crippen LogP contribution in [0.25, 0.3) is 0 Å². The maximum absolute atomic E-state index is 13.1. The number of carbonyl (C=O) groups excluding carboxylic acids is 3. The molecule has 1 fully saturated rings. The highest BCUT2D eigenvalue weighted by atomic mass is 16.7. The normalized spacial score (nSPS) is 14.4. The van der Waals surface area contributed by atoms with Crippen LogP contribution in [0, 0.1) is 0 Å². The molecule has 298 valence electrons. The summed E-state index contributed by atoms with van der Waals surface area (Å²) in [6, 6.07) is 20.1. The van der Waals surface area contributed by atoms with Crippen molar-refractivity contribution in [1.82, 2.24) is 0 Å². The molecule has 0 amide bonds. The number of benzene rings is 3. The Morgan fingerprint density at radius 3 is 1.98 bits per heavy atom. The van der Waals surface area contributed by atoms with Crippen LogP contribution in [0.3, 0.4) is 0 Å². The molecule has 3 aromatic rings. The fraction of sp³-hybridized carbons (Fsp3) is 0.489. The van der Waals surface area contributed by atoms with Gasteiger partial charge in [-0.1, -0.05) is 70.6 Å².